The van der Waals surface area contributed by atoms with Crippen molar-refractivity contribution in [3.63, 3.8) is 0 Å². The van der Waals surface area contributed by atoms with Crippen LogP contribution in [0.3, 0.4) is 0 Å². The molecule has 0 bridgehead atoms. The number of carbonyl (C=O) groups is 2. The highest BCUT2D eigenvalue weighted by Crippen LogP contribution is 2.41. The van der Waals surface area contributed by atoms with Crippen LogP contribution in [0.15, 0.2) is 91.0 Å². The van der Waals surface area contributed by atoms with Gasteiger partial charge in [0.2, 0.25) is 11.8 Å². The molecule has 4 aromatic rings. The van der Waals surface area contributed by atoms with Crippen LogP contribution in [0, 0.1) is 6.92 Å². The fraction of sp³-hybridized carbons (Fsp3) is 0.207. The van der Waals surface area contributed by atoms with Gasteiger partial charge in [-0.1, -0.05) is 91.0 Å². The molecule has 0 aliphatic rings. The Morgan fingerprint density at radius 2 is 1.28 bits per heavy atom. The van der Waals surface area contributed by atoms with Crippen molar-refractivity contribution in [1.29, 1.82) is 0 Å². The first-order chi connectivity index (χ1) is 17.4. The maximum atomic E-state index is 12.7. The molecule has 0 spiro atoms. The van der Waals surface area contributed by atoms with Crippen molar-refractivity contribution in [2.45, 2.75) is 38.8 Å². The number of aromatic amines is 1. The van der Waals surface area contributed by atoms with Gasteiger partial charge >= 0.3 is 0 Å². The number of H-pyrrole nitrogens is 1. The number of aromatic nitrogens is 2. The van der Waals surface area contributed by atoms with Gasteiger partial charge in [-0.15, -0.1) is 0 Å². The van der Waals surface area contributed by atoms with E-state index in [-0.39, 0.29) is 18.4 Å². The largest absolute Gasteiger partial charge is 0.353 e. The molecule has 7 nitrogen and oxygen atoms in total. The summed E-state index contributed by atoms with van der Waals surface area (Å²) in [5.74, 6) is -0.266. The Morgan fingerprint density at radius 3 is 1.72 bits per heavy atom. The lowest BCUT2D eigenvalue weighted by Gasteiger charge is -2.37. The summed E-state index contributed by atoms with van der Waals surface area (Å²) in [6.07, 6.45) is -0.274. The number of hydrogen-bond donors (Lipinski definition) is 4. The van der Waals surface area contributed by atoms with Gasteiger partial charge in [-0.2, -0.15) is 5.10 Å². The van der Waals surface area contributed by atoms with Gasteiger partial charge in [0, 0.05) is 6.04 Å². The highest BCUT2D eigenvalue weighted by atomic mass is 16.2. The monoisotopic (exact) mass is 481 g/mol. The van der Waals surface area contributed by atoms with Crippen LogP contribution in [0.1, 0.15) is 42.7 Å². The second-order valence-corrected chi connectivity index (χ2v) is 8.99. The summed E-state index contributed by atoms with van der Waals surface area (Å²) in [5, 5.41) is 16.8. The SMILES string of the molecule is Cc1[nH]nc(NC(c2ccccc2)(c2ccccc2)c2ccccc2)c1NC(=O)CC(=O)NC(C)C. The average Bonchev–Trinajstić information content (AvgIpc) is 3.21. The molecular weight excluding hydrogens is 450 g/mol. The minimum atomic E-state index is -0.806. The lowest BCUT2D eigenvalue weighted by atomic mass is 9.77. The normalized spacial score (nSPS) is 11.2. The smallest absolute Gasteiger partial charge is 0.233 e. The molecule has 1 heterocycles. The number of anilines is 2. The Labute approximate surface area is 211 Å². The van der Waals surface area contributed by atoms with Gasteiger partial charge < -0.3 is 16.0 Å². The molecule has 0 fully saturated rings. The second-order valence-electron chi connectivity index (χ2n) is 8.99. The van der Waals surface area contributed by atoms with Crippen molar-refractivity contribution in [3.05, 3.63) is 113 Å². The molecule has 0 saturated carbocycles. The highest BCUT2D eigenvalue weighted by Gasteiger charge is 2.38. The van der Waals surface area contributed by atoms with Gasteiger partial charge in [0.25, 0.3) is 0 Å². The van der Waals surface area contributed by atoms with Crippen molar-refractivity contribution < 1.29 is 9.59 Å². The van der Waals surface area contributed by atoms with E-state index in [0.29, 0.717) is 17.2 Å². The molecule has 3 aromatic carbocycles. The van der Waals surface area contributed by atoms with Gasteiger partial charge in [-0.25, -0.2) is 0 Å². The summed E-state index contributed by atoms with van der Waals surface area (Å²) in [4.78, 5) is 24.9. The van der Waals surface area contributed by atoms with Gasteiger partial charge in [-0.3, -0.25) is 14.7 Å². The van der Waals surface area contributed by atoms with Crippen molar-refractivity contribution >= 4 is 23.3 Å². The van der Waals surface area contributed by atoms with E-state index in [2.05, 4.69) is 62.5 Å². The van der Waals surface area contributed by atoms with Gasteiger partial charge in [0.1, 0.15) is 17.6 Å². The van der Waals surface area contributed by atoms with Crippen molar-refractivity contribution in [2.75, 3.05) is 10.6 Å². The summed E-state index contributed by atoms with van der Waals surface area (Å²) in [6, 6.07) is 30.4. The van der Waals surface area contributed by atoms with Crippen LogP contribution >= 0.6 is 0 Å². The van der Waals surface area contributed by atoms with E-state index in [1.54, 1.807) is 0 Å². The van der Waals surface area contributed by atoms with Crippen molar-refractivity contribution in [2.24, 2.45) is 0 Å². The van der Waals surface area contributed by atoms with Gasteiger partial charge in [0.15, 0.2) is 5.82 Å². The first-order valence-electron chi connectivity index (χ1n) is 12.0. The van der Waals surface area contributed by atoms with E-state index in [4.69, 9.17) is 0 Å². The molecule has 2 amide bonds. The first-order valence-corrected chi connectivity index (χ1v) is 12.0. The van der Waals surface area contributed by atoms with Crippen LogP contribution in [0.25, 0.3) is 0 Å². The number of aryl methyl sites for hydroxylation is 1. The standard InChI is InChI=1S/C29H31N5O2/c1-20(2)30-25(35)19-26(36)31-27-21(3)33-34-28(27)32-29(22-13-7-4-8-14-22,23-15-9-5-10-16-23)24-17-11-6-12-18-24/h4-18,20H,19H2,1-3H3,(H,30,35)(H,31,36)(H2,32,33,34). The van der Waals surface area contributed by atoms with Crippen LogP contribution in [0.4, 0.5) is 11.5 Å². The molecule has 0 radical (unpaired) electrons. The number of benzene rings is 3. The third-order valence-electron chi connectivity index (χ3n) is 5.91. The number of nitrogens with zero attached hydrogens (tertiary/aromatic N) is 1. The lowest BCUT2D eigenvalue weighted by Crippen LogP contribution is -2.38. The summed E-state index contributed by atoms with van der Waals surface area (Å²) < 4.78 is 0. The number of amides is 2. The molecule has 0 unspecified atom stereocenters. The van der Waals surface area contributed by atoms with Crippen LogP contribution in [0.2, 0.25) is 0 Å². The van der Waals surface area contributed by atoms with Crippen molar-refractivity contribution in [3.8, 4) is 0 Å². The number of rotatable bonds is 9. The Morgan fingerprint density at radius 1 is 0.806 bits per heavy atom. The van der Waals surface area contributed by atoms with Crippen molar-refractivity contribution in [1.82, 2.24) is 15.5 Å². The zero-order chi connectivity index (χ0) is 25.5. The minimum Gasteiger partial charge on any atom is -0.353 e. The van der Waals surface area contributed by atoms with E-state index in [1.807, 2.05) is 75.4 Å². The van der Waals surface area contributed by atoms with Gasteiger partial charge in [-0.05, 0) is 37.5 Å². The molecule has 0 aliphatic heterocycles. The van der Waals surface area contributed by atoms with E-state index in [1.165, 1.54) is 0 Å². The zero-order valence-corrected chi connectivity index (χ0v) is 20.7. The Kier molecular flexibility index (Phi) is 7.49. The molecule has 1 aromatic heterocycles. The molecule has 4 rings (SSSR count). The van der Waals surface area contributed by atoms with Crippen LogP contribution < -0.4 is 16.0 Å². The highest BCUT2D eigenvalue weighted by molar-refractivity contribution is 6.05. The molecule has 184 valence electrons. The molecule has 0 saturated heterocycles. The Hall–Kier alpha value is -4.39. The lowest BCUT2D eigenvalue weighted by molar-refractivity contribution is -0.127. The number of hydrogen-bond acceptors (Lipinski definition) is 4. The molecule has 0 atom stereocenters. The Bertz CT molecular complexity index is 1200. The Balaban J connectivity index is 1.79. The van der Waals surface area contributed by atoms with Gasteiger partial charge in [0.05, 0.1) is 5.69 Å². The minimum absolute atomic E-state index is 0.0403. The molecule has 0 aliphatic carbocycles. The second kappa shape index (κ2) is 10.9. The molecule has 36 heavy (non-hydrogen) atoms. The third kappa shape index (κ3) is 5.30. The van der Waals surface area contributed by atoms with E-state index in [0.717, 1.165) is 16.7 Å². The van der Waals surface area contributed by atoms with E-state index in [9.17, 15) is 9.59 Å². The molecule has 7 heteroatoms. The predicted octanol–water partition coefficient (Wildman–Crippen LogP) is 4.98. The predicted molar refractivity (Wildman–Crippen MR) is 143 cm³/mol. The maximum Gasteiger partial charge on any atom is 0.233 e. The number of carbonyl (C=O) groups excluding carboxylic acids is 2. The van der Waals surface area contributed by atoms with E-state index < -0.39 is 11.4 Å². The summed E-state index contributed by atoms with van der Waals surface area (Å²) in [5.41, 5.74) is 3.41. The summed E-state index contributed by atoms with van der Waals surface area (Å²) in [6.45, 7) is 5.54. The number of nitrogens with one attached hydrogen (secondary N) is 4. The van der Waals surface area contributed by atoms with Crippen LogP contribution in [-0.2, 0) is 15.1 Å². The summed E-state index contributed by atoms with van der Waals surface area (Å²) >= 11 is 0. The van der Waals surface area contributed by atoms with Crippen LogP contribution in [-0.4, -0.2) is 28.1 Å². The molecule has 4 N–H and O–H groups in total. The third-order valence-corrected chi connectivity index (χ3v) is 5.91. The average molecular weight is 482 g/mol. The van der Waals surface area contributed by atoms with Crippen LogP contribution in [0.5, 0.6) is 0 Å². The fourth-order valence-electron chi connectivity index (χ4n) is 4.33. The summed E-state index contributed by atoms with van der Waals surface area (Å²) in [7, 11) is 0. The zero-order valence-electron chi connectivity index (χ0n) is 20.7. The molecular formula is C29H31N5O2. The fourth-order valence-corrected chi connectivity index (χ4v) is 4.33. The maximum absolute atomic E-state index is 12.7. The first kappa shape index (κ1) is 24.7. The van der Waals surface area contributed by atoms with E-state index >= 15 is 0 Å². The topological polar surface area (TPSA) is 98.9 Å². The quantitative estimate of drug-likeness (QED) is 0.200.